The molecule has 3 atom stereocenters. The summed E-state index contributed by atoms with van der Waals surface area (Å²) in [5.74, 6) is 2.62. The van der Waals surface area contributed by atoms with Gasteiger partial charge in [-0.25, -0.2) is 19.3 Å². The van der Waals surface area contributed by atoms with Gasteiger partial charge >= 0.3 is 0 Å². The Bertz CT molecular complexity index is 2380. The first-order valence-electron chi connectivity index (χ1n) is 18.9. The number of rotatable bonds is 5. The number of pyridine rings is 1. The van der Waals surface area contributed by atoms with Crippen LogP contribution in [0.4, 0.5) is 21.5 Å². The number of nitrogens with zero attached hydrogens (tertiary/aromatic N) is 12. The van der Waals surface area contributed by atoms with Crippen LogP contribution in [-0.2, 0) is 0 Å². The number of fused-ring (bicyclic) bond motifs is 6. The van der Waals surface area contributed by atoms with Gasteiger partial charge in [-0.3, -0.25) is 9.18 Å². The molecule has 0 unspecified atom stereocenters. The van der Waals surface area contributed by atoms with Crippen LogP contribution in [0.2, 0.25) is 0 Å². The molecule has 4 aliphatic rings. The maximum absolute atomic E-state index is 13.5. The lowest BCUT2D eigenvalue weighted by Gasteiger charge is -2.22. The minimum Gasteiger partial charge on any atom is -0.488 e. The minimum atomic E-state index is -1.00. The average molecular weight is 766 g/mol. The van der Waals surface area contributed by atoms with Crippen LogP contribution in [0.5, 0.6) is 11.5 Å². The number of para-hydroxylation sites is 2. The minimum absolute atomic E-state index is 0.0625. The van der Waals surface area contributed by atoms with E-state index in [0.717, 1.165) is 42.0 Å². The summed E-state index contributed by atoms with van der Waals surface area (Å²) in [6, 6.07) is 12.9. The lowest BCUT2D eigenvalue weighted by Crippen LogP contribution is -2.24. The lowest BCUT2D eigenvalue weighted by atomic mass is 10.1. The van der Waals surface area contributed by atoms with Gasteiger partial charge < -0.3 is 35.1 Å². The number of hydrogen-bond donors (Lipinski definition) is 3. The smallest absolute Gasteiger partial charge is 0.274 e. The fourth-order valence-electron chi connectivity index (χ4n) is 6.96. The van der Waals surface area contributed by atoms with E-state index in [4.69, 9.17) is 16.6 Å². The maximum Gasteiger partial charge on any atom is 0.274 e. The van der Waals surface area contributed by atoms with E-state index in [1.165, 1.54) is 0 Å². The van der Waals surface area contributed by atoms with Crippen molar-refractivity contribution in [2.24, 2.45) is 0 Å². The third-order valence-corrected chi connectivity index (χ3v) is 10.0. The van der Waals surface area contributed by atoms with Gasteiger partial charge in [0.05, 0.1) is 78.8 Å². The second kappa shape index (κ2) is 15.3. The van der Waals surface area contributed by atoms with Crippen LogP contribution in [0.1, 0.15) is 68.7 Å². The number of β-amino-alcohol motifs (C(OH)–C–C–N with tert-alkyl or cyclic N) is 1. The van der Waals surface area contributed by atoms with Crippen molar-refractivity contribution in [3.63, 3.8) is 0 Å². The monoisotopic (exact) mass is 765 g/mol. The predicted molar refractivity (Wildman–Crippen MR) is 202 cm³/mol. The topological polar surface area (TPSA) is 215 Å². The number of imidazole rings is 1. The molecule has 6 aromatic rings. The van der Waals surface area contributed by atoms with E-state index < -0.39 is 7.15 Å². The summed E-state index contributed by atoms with van der Waals surface area (Å²) in [4.78, 5) is 24.7. The first-order valence-corrected chi connectivity index (χ1v) is 18.2. The molecule has 1 saturated carbocycles. The Hall–Kier alpha value is -6.50. The highest BCUT2D eigenvalue weighted by molar-refractivity contribution is 6.05. The molecule has 7 heterocycles. The van der Waals surface area contributed by atoms with Crippen molar-refractivity contribution in [2.45, 2.75) is 57.2 Å². The summed E-state index contributed by atoms with van der Waals surface area (Å²) in [5.41, 5.74) is 11.5. The number of nitrogens with two attached hydrogens (primary N) is 1. The number of anilines is 3. The van der Waals surface area contributed by atoms with E-state index in [1.807, 2.05) is 54.9 Å². The SMILES string of the molecule is C[C@H]1COc2c(N)cccc2-c2nnnn21.C[C@H]1COc2c(NC(=O)c3cc(-n4cnc(C5CC5)c4)c(N4CC[C@@H](O)C4)cn3)cccc2-c2nnnn21.[2H]CF. The molecule has 3 aliphatic heterocycles. The highest BCUT2D eigenvalue weighted by atomic mass is 19.1. The van der Waals surface area contributed by atoms with Crippen molar-refractivity contribution in [3.05, 3.63) is 72.6 Å². The van der Waals surface area contributed by atoms with Gasteiger partial charge in [-0.2, -0.15) is 0 Å². The molecule has 290 valence electrons. The van der Waals surface area contributed by atoms with Gasteiger partial charge in [0, 0.05) is 25.2 Å². The van der Waals surface area contributed by atoms with Crippen molar-refractivity contribution in [3.8, 4) is 40.0 Å². The molecule has 0 radical (unpaired) electrons. The maximum atomic E-state index is 13.5. The highest BCUT2D eigenvalue weighted by Gasteiger charge is 2.30. The Labute approximate surface area is 321 Å². The van der Waals surface area contributed by atoms with E-state index >= 15 is 0 Å². The predicted octanol–water partition coefficient (Wildman–Crippen LogP) is 4.04. The lowest BCUT2D eigenvalue weighted by molar-refractivity contribution is 0.102. The number of tetrazole rings is 2. The van der Waals surface area contributed by atoms with Gasteiger partial charge in [-0.15, -0.1) is 10.2 Å². The molecule has 4 aromatic heterocycles. The van der Waals surface area contributed by atoms with Crippen molar-refractivity contribution in [2.75, 3.05) is 49.4 Å². The summed E-state index contributed by atoms with van der Waals surface area (Å²) >= 11 is 0. The molecule has 1 saturated heterocycles. The van der Waals surface area contributed by atoms with Crippen LogP contribution in [-0.4, -0.2) is 106 Å². The normalized spacial score (nSPS) is 19.4. The van der Waals surface area contributed by atoms with Gasteiger partial charge in [0.2, 0.25) is 0 Å². The Morgan fingerprint density at radius 2 is 1.61 bits per heavy atom. The fourth-order valence-corrected chi connectivity index (χ4v) is 6.96. The molecule has 56 heavy (non-hydrogen) atoms. The fraction of sp³-hybridized carbons (Fsp3) is 0.378. The number of aromatic nitrogens is 11. The molecule has 0 spiro atoms. The highest BCUT2D eigenvalue weighted by Crippen LogP contribution is 2.41. The molecule has 1 amide bonds. The van der Waals surface area contributed by atoms with Gasteiger partial charge in [-0.1, -0.05) is 12.1 Å². The number of carbonyl (C=O) groups excluding carboxylic acids is 1. The molecular weight excluding hydrogens is 723 g/mol. The van der Waals surface area contributed by atoms with Crippen LogP contribution >= 0.6 is 0 Å². The number of aliphatic hydroxyl groups excluding tert-OH is 1. The van der Waals surface area contributed by atoms with Crippen LogP contribution in [0.25, 0.3) is 28.5 Å². The molecule has 19 heteroatoms. The quantitative estimate of drug-likeness (QED) is 0.211. The number of carbonyl (C=O) groups is 1. The van der Waals surface area contributed by atoms with Crippen molar-refractivity contribution >= 4 is 23.0 Å². The second-order valence-electron chi connectivity index (χ2n) is 14.0. The summed E-state index contributed by atoms with van der Waals surface area (Å²) in [6.07, 6.45) is 8.14. The van der Waals surface area contributed by atoms with E-state index in [9.17, 15) is 14.3 Å². The van der Waals surface area contributed by atoms with Crippen molar-refractivity contribution in [1.29, 1.82) is 0 Å². The van der Waals surface area contributed by atoms with Crippen LogP contribution in [0.15, 0.2) is 61.2 Å². The molecule has 2 fully saturated rings. The Balaban J connectivity index is 0.000000199. The number of hydrogen-bond acceptors (Lipinski definition) is 14. The van der Waals surface area contributed by atoms with Crippen LogP contribution < -0.4 is 25.4 Å². The zero-order valence-electron chi connectivity index (χ0n) is 31.7. The van der Waals surface area contributed by atoms with Crippen molar-refractivity contribution < 1.29 is 25.1 Å². The summed E-state index contributed by atoms with van der Waals surface area (Å²) in [7, 11) is -1.00. The Morgan fingerprint density at radius 1 is 0.946 bits per heavy atom. The Morgan fingerprint density at radius 3 is 2.27 bits per heavy atom. The number of amides is 1. The number of nitrogens with one attached hydrogen (secondary N) is 1. The van der Waals surface area contributed by atoms with Gasteiger partial charge in [0.1, 0.15) is 18.9 Å². The molecular formula is C37H41FN14O4. The number of aliphatic hydroxyl groups is 1. The third-order valence-electron chi connectivity index (χ3n) is 10.0. The number of ether oxygens (including phenoxy) is 2. The van der Waals surface area contributed by atoms with E-state index in [-0.39, 0.29) is 29.8 Å². The van der Waals surface area contributed by atoms with Crippen molar-refractivity contribution in [1.82, 2.24) is 54.9 Å². The third kappa shape index (κ3) is 6.96. The summed E-state index contributed by atoms with van der Waals surface area (Å²) < 4.78 is 32.7. The number of benzene rings is 2. The molecule has 1 aliphatic carbocycles. The van der Waals surface area contributed by atoms with E-state index in [1.54, 1.807) is 34.0 Å². The molecule has 18 nitrogen and oxygen atoms in total. The van der Waals surface area contributed by atoms with Gasteiger partial charge in [0.25, 0.3) is 5.91 Å². The number of nitrogen functional groups attached to an aromatic ring is 1. The standard InChI is InChI=1S/C26H27N9O3.C10H11N5O.CH3F/c1-15-13-38-24-18(25-30-31-32-35(15)25)3-2-4-19(24)29-26(37)20-9-22(34-12-21(28-14-34)16-5-6-16)23(10-27-20)33-8-7-17(36)11-33;1-6-5-16-9-7(3-2-4-8(9)11)10-12-13-14-15(6)10;1-2/h2-4,9-10,12,14-17,36H,5-8,11,13H2,1H3,(H,29,37);2-4,6H,5,11H2,1H3;1H3/t15-,17+;6-;/m00./s1/i;;1D. The summed E-state index contributed by atoms with van der Waals surface area (Å²) in [5, 5.41) is 36.8. The number of halogens is 1. The molecule has 0 bridgehead atoms. The van der Waals surface area contributed by atoms with Crippen LogP contribution in [0.3, 0.4) is 0 Å². The van der Waals surface area contributed by atoms with Crippen LogP contribution in [0, 0.1) is 0 Å². The molecule has 10 rings (SSSR count). The molecule has 2 aromatic carbocycles. The second-order valence-corrected chi connectivity index (χ2v) is 14.0. The first-order chi connectivity index (χ1) is 27.7. The zero-order valence-corrected chi connectivity index (χ0v) is 30.7. The number of alkyl halides is 1. The summed E-state index contributed by atoms with van der Waals surface area (Å²) in [6.45, 7) is 6.09. The Kier molecular flexibility index (Phi) is 9.64. The zero-order chi connectivity index (χ0) is 39.6. The molecule has 4 N–H and O–H groups in total. The van der Waals surface area contributed by atoms with Gasteiger partial charge in [-0.05, 0) is 84.3 Å². The van der Waals surface area contributed by atoms with Gasteiger partial charge in [0.15, 0.2) is 23.1 Å². The average Bonchev–Trinajstić information content (AvgIpc) is 3.59. The largest absolute Gasteiger partial charge is 0.488 e. The first kappa shape index (κ1) is 35.2. The van der Waals surface area contributed by atoms with E-state index in [2.05, 4.69) is 51.2 Å². The van der Waals surface area contributed by atoms with E-state index in [0.29, 0.717) is 72.2 Å².